The Morgan fingerprint density at radius 1 is 1.22 bits per heavy atom. The molecular formula is C21H33N5O. The lowest BCUT2D eigenvalue weighted by Crippen LogP contribution is -2.50. The maximum absolute atomic E-state index is 11.5. The lowest BCUT2D eigenvalue weighted by atomic mass is 10.1. The molecule has 27 heavy (non-hydrogen) atoms. The average molecular weight is 372 g/mol. The number of carbonyl (C=O) groups excluding carboxylic acids is 1. The van der Waals surface area contributed by atoms with Gasteiger partial charge in [-0.3, -0.25) is 14.7 Å². The zero-order valence-corrected chi connectivity index (χ0v) is 16.6. The largest absolute Gasteiger partial charge is 0.358 e. The molecule has 1 amide bonds. The molecule has 1 aromatic rings. The van der Waals surface area contributed by atoms with Crippen molar-refractivity contribution in [3.05, 3.63) is 35.9 Å². The summed E-state index contributed by atoms with van der Waals surface area (Å²) in [5, 5.41) is 9.67. The van der Waals surface area contributed by atoms with Crippen molar-refractivity contribution in [1.29, 1.82) is 0 Å². The fraction of sp³-hybridized carbons (Fsp3) is 0.619. The topological polar surface area (TPSA) is 68.8 Å². The van der Waals surface area contributed by atoms with Crippen molar-refractivity contribution in [2.24, 2.45) is 10.9 Å². The smallest absolute Gasteiger partial charge is 0.233 e. The summed E-state index contributed by atoms with van der Waals surface area (Å²) in [6, 6.07) is 11.2. The van der Waals surface area contributed by atoms with Gasteiger partial charge in [-0.15, -0.1) is 0 Å². The number of amides is 1. The fourth-order valence-electron chi connectivity index (χ4n) is 3.80. The van der Waals surface area contributed by atoms with Crippen molar-refractivity contribution in [3.8, 4) is 0 Å². The molecule has 2 aliphatic rings. The van der Waals surface area contributed by atoms with Crippen molar-refractivity contribution < 1.29 is 4.79 Å². The van der Waals surface area contributed by atoms with Gasteiger partial charge in [-0.1, -0.05) is 30.3 Å². The Labute approximate surface area is 162 Å². The van der Waals surface area contributed by atoms with Crippen LogP contribution in [0, 0.1) is 5.92 Å². The maximum atomic E-state index is 11.5. The SMILES string of the molecule is CCNC(=NCC1CC1c1ccccc1)NC1CCN(CC(=O)NC)CC1. The number of nitrogens with zero attached hydrogens (tertiary/aromatic N) is 2. The van der Waals surface area contributed by atoms with Crippen molar-refractivity contribution >= 4 is 11.9 Å². The van der Waals surface area contributed by atoms with Gasteiger partial charge in [0.25, 0.3) is 0 Å². The first-order chi connectivity index (χ1) is 13.2. The number of hydrogen-bond donors (Lipinski definition) is 3. The summed E-state index contributed by atoms with van der Waals surface area (Å²) in [6.07, 6.45) is 3.32. The summed E-state index contributed by atoms with van der Waals surface area (Å²) in [7, 11) is 1.69. The number of nitrogens with one attached hydrogen (secondary N) is 3. The van der Waals surface area contributed by atoms with Crippen LogP contribution >= 0.6 is 0 Å². The van der Waals surface area contributed by atoms with E-state index in [1.54, 1.807) is 7.05 Å². The summed E-state index contributed by atoms with van der Waals surface area (Å²) in [5.74, 6) is 2.36. The number of carbonyl (C=O) groups is 1. The molecule has 1 aliphatic carbocycles. The van der Waals surface area contributed by atoms with E-state index < -0.39 is 0 Å². The Kier molecular flexibility index (Phi) is 7.10. The van der Waals surface area contributed by atoms with Gasteiger partial charge in [0, 0.05) is 39.3 Å². The molecule has 2 unspecified atom stereocenters. The Balaban J connectivity index is 1.44. The maximum Gasteiger partial charge on any atom is 0.233 e. The number of aliphatic imine (C=N–C) groups is 1. The van der Waals surface area contributed by atoms with Crippen LogP contribution in [0.15, 0.2) is 35.3 Å². The molecular weight excluding hydrogens is 338 g/mol. The molecule has 1 saturated carbocycles. The summed E-state index contributed by atoms with van der Waals surface area (Å²) < 4.78 is 0. The van der Waals surface area contributed by atoms with Crippen LogP contribution in [0.5, 0.6) is 0 Å². The Hall–Kier alpha value is -2.08. The van der Waals surface area contributed by atoms with Crippen LogP contribution in [0.4, 0.5) is 0 Å². The highest BCUT2D eigenvalue weighted by molar-refractivity contribution is 5.80. The first-order valence-electron chi connectivity index (χ1n) is 10.2. The van der Waals surface area contributed by atoms with Gasteiger partial charge in [-0.25, -0.2) is 0 Å². The second-order valence-electron chi connectivity index (χ2n) is 7.60. The van der Waals surface area contributed by atoms with Gasteiger partial charge in [-0.05, 0) is 43.6 Å². The Morgan fingerprint density at radius 2 is 1.96 bits per heavy atom. The lowest BCUT2D eigenvalue weighted by molar-refractivity contribution is -0.122. The second-order valence-corrected chi connectivity index (χ2v) is 7.60. The van der Waals surface area contributed by atoms with Gasteiger partial charge in [0.15, 0.2) is 5.96 Å². The van der Waals surface area contributed by atoms with E-state index in [2.05, 4.69) is 58.1 Å². The monoisotopic (exact) mass is 371 g/mol. The van der Waals surface area contributed by atoms with Crippen molar-refractivity contribution in [3.63, 3.8) is 0 Å². The summed E-state index contributed by atoms with van der Waals surface area (Å²) in [4.78, 5) is 18.6. The van der Waals surface area contributed by atoms with E-state index in [4.69, 9.17) is 4.99 Å². The number of likely N-dealkylation sites (tertiary alicyclic amines) is 1. The fourth-order valence-corrected chi connectivity index (χ4v) is 3.80. The molecule has 1 saturated heterocycles. The summed E-state index contributed by atoms with van der Waals surface area (Å²) >= 11 is 0. The molecule has 2 atom stereocenters. The number of piperidine rings is 1. The number of hydrogen-bond acceptors (Lipinski definition) is 3. The van der Waals surface area contributed by atoms with Crippen LogP contribution in [0.1, 0.15) is 37.7 Å². The predicted octanol–water partition coefficient (Wildman–Crippen LogP) is 1.56. The van der Waals surface area contributed by atoms with Crippen molar-refractivity contribution in [2.75, 3.05) is 39.8 Å². The van der Waals surface area contributed by atoms with E-state index in [-0.39, 0.29) is 5.91 Å². The normalized spacial score (nSPS) is 23.7. The van der Waals surface area contributed by atoms with Gasteiger partial charge >= 0.3 is 0 Å². The first kappa shape index (κ1) is 19.7. The number of benzene rings is 1. The van der Waals surface area contributed by atoms with E-state index in [0.717, 1.165) is 45.0 Å². The van der Waals surface area contributed by atoms with Gasteiger partial charge in [0.05, 0.1) is 6.54 Å². The Morgan fingerprint density at radius 3 is 2.63 bits per heavy atom. The Bertz CT molecular complexity index is 625. The third kappa shape index (κ3) is 5.96. The van der Waals surface area contributed by atoms with Crippen LogP contribution in [-0.2, 0) is 4.79 Å². The molecule has 2 fully saturated rings. The zero-order valence-electron chi connectivity index (χ0n) is 16.6. The minimum absolute atomic E-state index is 0.0914. The van der Waals surface area contributed by atoms with E-state index in [1.807, 2.05) is 0 Å². The molecule has 1 heterocycles. The molecule has 3 N–H and O–H groups in total. The number of guanidine groups is 1. The summed E-state index contributed by atoms with van der Waals surface area (Å²) in [5.41, 5.74) is 1.44. The third-order valence-corrected chi connectivity index (χ3v) is 5.55. The molecule has 1 aromatic carbocycles. The number of likely N-dealkylation sites (N-methyl/N-ethyl adjacent to an activating group) is 1. The molecule has 0 radical (unpaired) electrons. The summed E-state index contributed by atoms with van der Waals surface area (Å²) in [6.45, 7) is 6.25. The van der Waals surface area contributed by atoms with Gasteiger partial charge in [-0.2, -0.15) is 0 Å². The van der Waals surface area contributed by atoms with Crippen LogP contribution in [0.2, 0.25) is 0 Å². The quantitative estimate of drug-likeness (QED) is 0.503. The molecule has 0 bridgehead atoms. The number of rotatable bonds is 7. The van der Waals surface area contributed by atoms with Gasteiger partial charge in [0.1, 0.15) is 0 Å². The molecule has 0 spiro atoms. The highest BCUT2D eigenvalue weighted by Crippen LogP contribution is 2.47. The van der Waals surface area contributed by atoms with Crippen molar-refractivity contribution in [2.45, 2.75) is 38.1 Å². The lowest BCUT2D eigenvalue weighted by Gasteiger charge is -2.32. The van der Waals surface area contributed by atoms with Crippen LogP contribution in [0.3, 0.4) is 0 Å². The van der Waals surface area contributed by atoms with Crippen LogP contribution in [0.25, 0.3) is 0 Å². The highest BCUT2D eigenvalue weighted by atomic mass is 16.1. The second kappa shape index (κ2) is 9.74. The van der Waals surface area contributed by atoms with E-state index in [9.17, 15) is 4.79 Å². The van der Waals surface area contributed by atoms with Crippen LogP contribution in [-0.4, -0.2) is 62.6 Å². The molecule has 148 valence electrons. The van der Waals surface area contributed by atoms with Gasteiger partial charge in [0.2, 0.25) is 5.91 Å². The third-order valence-electron chi connectivity index (χ3n) is 5.55. The van der Waals surface area contributed by atoms with E-state index in [1.165, 1.54) is 12.0 Å². The molecule has 3 rings (SSSR count). The molecule has 6 nitrogen and oxygen atoms in total. The average Bonchev–Trinajstić information content (AvgIpc) is 3.48. The zero-order chi connectivity index (χ0) is 19.1. The molecule has 6 heteroatoms. The first-order valence-corrected chi connectivity index (χ1v) is 10.2. The molecule has 1 aliphatic heterocycles. The van der Waals surface area contributed by atoms with E-state index in [0.29, 0.717) is 24.4 Å². The standard InChI is InChI=1S/C21H33N5O/c1-3-23-21(24-14-17-13-19(17)16-7-5-4-6-8-16)25-18-9-11-26(12-10-18)15-20(27)22-2/h4-8,17-19H,3,9-15H2,1-2H3,(H,22,27)(H2,23,24,25). The van der Waals surface area contributed by atoms with E-state index >= 15 is 0 Å². The van der Waals surface area contributed by atoms with Gasteiger partial charge < -0.3 is 16.0 Å². The molecule has 0 aromatic heterocycles. The minimum Gasteiger partial charge on any atom is -0.358 e. The predicted molar refractivity (Wildman–Crippen MR) is 110 cm³/mol. The highest BCUT2D eigenvalue weighted by Gasteiger charge is 2.37. The van der Waals surface area contributed by atoms with Crippen molar-refractivity contribution in [1.82, 2.24) is 20.9 Å². The van der Waals surface area contributed by atoms with Crippen LogP contribution < -0.4 is 16.0 Å². The minimum atomic E-state index is 0.0914.